The van der Waals surface area contributed by atoms with Crippen LogP contribution in [0.5, 0.6) is 5.75 Å². The third-order valence-electron chi connectivity index (χ3n) is 2.71. The van der Waals surface area contributed by atoms with Gasteiger partial charge in [-0.15, -0.1) is 0 Å². The number of piperazine rings is 1. The molecule has 1 aromatic rings. The first-order valence-corrected chi connectivity index (χ1v) is 6.00. The molecule has 1 aromatic carbocycles. The average Bonchev–Trinajstić information content (AvgIpc) is 2.38. The van der Waals surface area contributed by atoms with Gasteiger partial charge in [-0.3, -0.25) is 0 Å². The van der Waals surface area contributed by atoms with Crippen molar-refractivity contribution in [1.82, 2.24) is 10.6 Å². The largest absolute Gasteiger partial charge is 0.494 e. The molecule has 0 bridgehead atoms. The number of nitrogens with zero attached hydrogens (tertiary/aromatic N) is 1. The van der Waals surface area contributed by atoms with Crippen molar-refractivity contribution in [3.05, 3.63) is 29.8 Å². The quantitative estimate of drug-likeness (QED) is 0.837. The summed E-state index contributed by atoms with van der Waals surface area (Å²) in [4.78, 5) is 0. The van der Waals surface area contributed by atoms with Crippen LogP contribution in [0, 0.1) is 0 Å². The zero-order valence-electron chi connectivity index (χ0n) is 9.78. The number of ether oxygens (including phenoxy) is 1. The molecule has 1 fully saturated rings. The van der Waals surface area contributed by atoms with Crippen LogP contribution in [0.3, 0.4) is 0 Å². The normalized spacial score (nSPS) is 20.7. The summed E-state index contributed by atoms with van der Waals surface area (Å²) < 4.78 is 5.55. The maximum absolute atomic E-state index is 5.55. The predicted octanol–water partition coefficient (Wildman–Crippen LogP) is 1.72. The van der Waals surface area contributed by atoms with Gasteiger partial charge >= 0.3 is 0 Å². The lowest BCUT2D eigenvalue weighted by molar-refractivity contribution is 0.317. The fourth-order valence-corrected chi connectivity index (χ4v) is 1.83. The standard InChI is InChI=1S/C13H19N2O/c1-2-9-16-12-5-3-11(4-6-12)13-10-14-7-8-15-13/h3-6,13-14H,2,7-10H2,1H3. The van der Waals surface area contributed by atoms with E-state index in [9.17, 15) is 0 Å². The Morgan fingerprint density at radius 3 is 2.81 bits per heavy atom. The molecule has 1 aliphatic rings. The smallest absolute Gasteiger partial charge is 0.119 e. The minimum absolute atomic E-state index is 0.314. The monoisotopic (exact) mass is 219 g/mol. The fraction of sp³-hybridized carbons (Fsp3) is 0.538. The van der Waals surface area contributed by atoms with Crippen LogP contribution in [0.25, 0.3) is 0 Å². The Morgan fingerprint density at radius 1 is 1.38 bits per heavy atom. The van der Waals surface area contributed by atoms with E-state index in [-0.39, 0.29) is 0 Å². The summed E-state index contributed by atoms with van der Waals surface area (Å²) in [5, 5.41) is 7.95. The van der Waals surface area contributed by atoms with E-state index in [1.54, 1.807) is 0 Å². The maximum Gasteiger partial charge on any atom is 0.119 e. The molecule has 2 rings (SSSR count). The van der Waals surface area contributed by atoms with Gasteiger partial charge in [0.1, 0.15) is 5.75 Å². The Labute approximate surface area is 97.2 Å². The zero-order chi connectivity index (χ0) is 11.2. The molecule has 16 heavy (non-hydrogen) atoms. The second-order valence-corrected chi connectivity index (χ2v) is 4.04. The molecule has 3 nitrogen and oxygen atoms in total. The van der Waals surface area contributed by atoms with Crippen molar-refractivity contribution in [1.29, 1.82) is 0 Å². The summed E-state index contributed by atoms with van der Waals surface area (Å²) in [6.07, 6.45) is 1.05. The van der Waals surface area contributed by atoms with Gasteiger partial charge < -0.3 is 10.1 Å². The van der Waals surface area contributed by atoms with Crippen molar-refractivity contribution < 1.29 is 4.74 Å². The minimum atomic E-state index is 0.314. The van der Waals surface area contributed by atoms with Crippen LogP contribution in [0.2, 0.25) is 0 Å². The number of hydrogen-bond donors (Lipinski definition) is 1. The highest BCUT2D eigenvalue weighted by Gasteiger charge is 2.15. The van der Waals surface area contributed by atoms with Crippen LogP contribution >= 0.6 is 0 Å². The molecule has 1 aliphatic heterocycles. The van der Waals surface area contributed by atoms with Crippen molar-refractivity contribution in [2.75, 3.05) is 26.2 Å². The molecule has 0 aliphatic carbocycles. The Hall–Kier alpha value is -1.06. The zero-order valence-corrected chi connectivity index (χ0v) is 9.78. The lowest BCUT2D eigenvalue weighted by Gasteiger charge is -2.23. The van der Waals surface area contributed by atoms with E-state index < -0.39 is 0 Å². The van der Waals surface area contributed by atoms with Crippen LogP contribution in [0.15, 0.2) is 24.3 Å². The van der Waals surface area contributed by atoms with E-state index in [1.807, 2.05) is 12.1 Å². The first-order valence-electron chi connectivity index (χ1n) is 6.00. The summed E-state index contributed by atoms with van der Waals surface area (Å²) in [6, 6.07) is 8.62. The molecule has 1 radical (unpaired) electrons. The van der Waals surface area contributed by atoms with Crippen molar-refractivity contribution >= 4 is 0 Å². The first-order chi connectivity index (χ1) is 7.90. The summed E-state index contributed by atoms with van der Waals surface area (Å²) in [5.41, 5.74) is 1.27. The Morgan fingerprint density at radius 2 is 2.19 bits per heavy atom. The van der Waals surface area contributed by atoms with Crippen LogP contribution in [0.4, 0.5) is 0 Å². The summed E-state index contributed by atoms with van der Waals surface area (Å²) >= 11 is 0. The van der Waals surface area contributed by atoms with Crippen molar-refractivity contribution in [3.63, 3.8) is 0 Å². The van der Waals surface area contributed by atoms with Gasteiger partial charge in [0.25, 0.3) is 0 Å². The molecule has 1 saturated heterocycles. The van der Waals surface area contributed by atoms with Gasteiger partial charge in [0.15, 0.2) is 0 Å². The van der Waals surface area contributed by atoms with Crippen LogP contribution in [-0.4, -0.2) is 26.2 Å². The van der Waals surface area contributed by atoms with Gasteiger partial charge in [-0.25, -0.2) is 5.32 Å². The summed E-state index contributed by atoms with van der Waals surface area (Å²) in [7, 11) is 0. The van der Waals surface area contributed by atoms with Crippen molar-refractivity contribution in [2.45, 2.75) is 19.4 Å². The summed E-state index contributed by atoms with van der Waals surface area (Å²) in [5.74, 6) is 0.953. The van der Waals surface area contributed by atoms with Crippen molar-refractivity contribution in [2.24, 2.45) is 0 Å². The van der Waals surface area contributed by atoms with Crippen molar-refractivity contribution in [3.8, 4) is 5.75 Å². The lowest BCUT2D eigenvalue weighted by Crippen LogP contribution is -2.38. The van der Waals surface area contributed by atoms with E-state index in [4.69, 9.17) is 4.74 Å². The minimum Gasteiger partial charge on any atom is -0.494 e. The highest BCUT2D eigenvalue weighted by atomic mass is 16.5. The van der Waals surface area contributed by atoms with E-state index in [2.05, 4.69) is 29.7 Å². The SMILES string of the molecule is CCCOc1ccc(C2CNCC[N]2)cc1. The molecule has 0 spiro atoms. The van der Waals surface area contributed by atoms with Gasteiger partial charge in [-0.05, 0) is 24.1 Å². The van der Waals surface area contributed by atoms with Crippen LogP contribution < -0.4 is 15.4 Å². The molecule has 87 valence electrons. The van der Waals surface area contributed by atoms with Gasteiger partial charge in [-0.2, -0.15) is 0 Å². The molecular formula is C13H19N2O. The van der Waals surface area contributed by atoms with Gasteiger partial charge in [-0.1, -0.05) is 19.1 Å². The summed E-state index contributed by atoms with van der Waals surface area (Å²) in [6.45, 7) is 5.78. The highest BCUT2D eigenvalue weighted by Crippen LogP contribution is 2.19. The van der Waals surface area contributed by atoms with E-state index in [0.29, 0.717) is 6.04 Å². The van der Waals surface area contributed by atoms with Gasteiger partial charge in [0, 0.05) is 19.6 Å². The topological polar surface area (TPSA) is 35.4 Å². The molecular weight excluding hydrogens is 200 g/mol. The van der Waals surface area contributed by atoms with Gasteiger partial charge in [0.2, 0.25) is 0 Å². The number of benzene rings is 1. The number of hydrogen-bond acceptors (Lipinski definition) is 2. The van der Waals surface area contributed by atoms with Crippen LogP contribution in [0.1, 0.15) is 24.9 Å². The molecule has 0 aromatic heterocycles. The molecule has 0 saturated carbocycles. The molecule has 1 N–H and O–H groups in total. The molecule has 0 amide bonds. The lowest BCUT2D eigenvalue weighted by atomic mass is 10.1. The molecule has 3 heteroatoms. The Bertz CT molecular complexity index is 304. The van der Waals surface area contributed by atoms with E-state index in [0.717, 1.165) is 38.4 Å². The third kappa shape index (κ3) is 2.97. The van der Waals surface area contributed by atoms with Crippen LogP contribution in [-0.2, 0) is 0 Å². The second kappa shape index (κ2) is 5.87. The number of nitrogens with one attached hydrogen (secondary N) is 1. The molecule has 1 atom stereocenters. The predicted molar refractivity (Wildman–Crippen MR) is 64.8 cm³/mol. The molecule has 1 heterocycles. The van der Waals surface area contributed by atoms with E-state index >= 15 is 0 Å². The highest BCUT2D eigenvalue weighted by molar-refractivity contribution is 5.29. The Balaban J connectivity index is 1.95. The second-order valence-electron chi connectivity index (χ2n) is 4.04. The van der Waals surface area contributed by atoms with E-state index in [1.165, 1.54) is 5.56 Å². The number of rotatable bonds is 4. The molecule has 1 unspecified atom stereocenters. The van der Waals surface area contributed by atoms with Gasteiger partial charge in [0.05, 0.1) is 12.6 Å². The maximum atomic E-state index is 5.55. The first kappa shape index (κ1) is 11.4. The third-order valence-corrected chi connectivity index (χ3v) is 2.71. The fourth-order valence-electron chi connectivity index (χ4n) is 1.83. The average molecular weight is 219 g/mol. The Kier molecular flexibility index (Phi) is 4.19.